The third-order valence-corrected chi connectivity index (χ3v) is 3.80. The molecular formula is C17H28N2O. The zero-order valence-corrected chi connectivity index (χ0v) is 13.3. The summed E-state index contributed by atoms with van der Waals surface area (Å²) in [5, 5.41) is 3.23. The molecule has 0 aliphatic carbocycles. The molecule has 0 spiro atoms. The van der Waals surface area contributed by atoms with Gasteiger partial charge in [0.25, 0.3) is 0 Å². The summed E-state index contributed by atoms with van der Waals surface area (Å²) in [4.78, 5) is 2.52. The first-order chi connectivity index (χ1) is 9.50. The lowest BCUT2D eigenvalue weighted by atomic mass is 10.0. The van der Waals surface area contributed by atoms with Crippen LogP contribution in [0.1, 0.15) is 31.9 Å². The molecule has 1 heterocycles. The number of hydrogen-bond acceptors (Lipinski definition) is 3. The predicted molar refractivity (Wildman–Crippen MR) is 84.0 cm³/mol. The van der Waals surface area contributed by atoms with Crippen LogP contribution < -0.4 is 5.32 Å². The van der Waals surface area contributed by atoms with Gasteiger partial charge in [-0.2, -0.15) is 0 Å². The normalized spacial score (nSPS) is 22.9. The minimum atomic E-state index is -0.0441. The molecule has 0 amide bonds. The van der Waals surface area contributed by atoms with Crippen molar-refractivity contribution >= 4 is 0 Å². The van der Waals surface area contributed by atoms with Crippen LogP contribution in [0.25, 0.3) is 0 Å². The molecule has 1 N–H and O–H groups in total. The van der Waals surface area contributed by atoms with Gasteiger partial charge in [0.1, 0.15) is 0 Å². The predicted octanol–water partition coefficient (Wildman–Crippen LogP) is 2.45. The Morgan fingerprint density at radius 2 is 2.00 bits per heavy atom. The quantitative estimate of drug-likeness (QED) is 0.894. The largest absolute Gasteiger partial charge is 0.370 e. The van der Waals surface area contributed by atoms with E-state index in [2.05, 4.69) is 55.3 Å². The molecule has 1 saturated heterocycles. The molecule has 0 saturated carbocycles. The molecule has 3 nitrogen and oxygen atoms in total. The maximum Gasteiger partial charge on any atom is 0.0757 e. The molecule has 112 valence electrons. The van der Waals surface area contributed by atoms with Crippen molar-refractivity contribution in [2.45, 2.75) is 45.4 Å². The topological polar surface area (TPSA) is 24.5 Å². The number of rotatable bonds is 5. The molecule has 1 aromatic carbocycles. The number of nitrogens with zero attached hydrogens (tertiary/aromatic N) is 1. The average molecular weight is 276 g/mol. The van der Waals surface area contributed by atoms with E-state index in [0.29, 0.717) is 6.10 Å². The van der Waals surface area contributed by atoms with E-state index in [9.17, 15) is 0 Å². The van der Waals surface area contributed by atoms with Crippen LogP contribution in [0.5, 0.6) is 0 Å². The highest BCUT2D eigenvalue weighted by atomic mass is 16.5. The lowest BCUT2D eigenvalue weighted by Crippen LogP contribution is -2.51. The van der Waals surface area contributed by atoms with Crippen molar-refractivity contribution in [2.24, 2.45) is 0 Å². The third kappa shape index (κ3) is 4.30. The van der Waals surface area contributed by atoms with Gasteiger partial charge in [0.05, 0.1) is 11.7 Å². The summed E-state index contributed by atoms with van der Waals surface area (Å²) in [6.45, 7) is 10.6. The zero-order chi connectivity index (χ0) is 14.6. The third-order valence-electron chi connectivity index (χ3n) is 3.80. The van der Waals surface area contributed by atoms with E-state index in [-0.39, 0.29) is 5.60 Å². The molecule has 3 heteroatoms. The molecule has 1 fully saturated rings. The summed E-state index contributed by atoms with van der Waals surface area (Å²) >= 11 is 0. The lowest BCUT2D eigenvalue weighted by Gasteiger charge is -2.42. The highest BCUT2D eigenvalue weighted by Crippen LogP contribution is 2.23. The van der Waals surface area contributed by atoms with Crippen molar-refractivity contribution < 1.29 is 4.74 Å². The summed E-state index contributed by atoms with van der Waals surface area (Å²) in [7, 11) is 2.01. The Bertz CT molecular complexity index is 431. The van der Waals surface area contributed by atoms with Crippen LogP contribution in [0.4, 0.5) is 0 Å². The van der Waals surface area contributed by atoms with Gasteiger partial charge in [0.2, 0.25) is 0 Å². The van der Waals surface area contributed by atoms with Crippen LogP contribution in [0, 0.1) is 0 Å². The first-order valence-electron chi connectivity index (χ1n) is 7.62. The van der Waals surface area contributed by atoms with Gasteiger partial charge in [-0.15, -0.1) is 0 Å². The van der Waals surface area contributed by atoms with Crippen LogP contribution in [-0.2, 0) is 17.7 Å². The van der Waals surface area contributed by atoms with E-state index >= 15 is 0 Å². The SMILES string of the molecule is CNCCc1ccccc1CN1CC(C)OC(C)(C)C1. The molecule has 1 atom stereocenters. The Morgan fingerprint density at radius 3 is 2.65 bits per heavy atom. The number of likely N-dealkylation sites (N-methyl/N-ethyl adjacent to an activating group) is 1. The standard InChI is InChI=1S/C17H28N2O/c1-14-11-19(13-17(2,3)20-14)12-16-8-6-5-7-15(16)9-10-18-4/h5-8,14,18H,9-13H2,1-4H3. The first-order valence-corrected chi connectivity index (χ1v) is 7.62. The fourth-order valence-corrected chi connectivity index (χ4v) is 3.16. The van der Waals surface area contributed by atoms with Gasteiger partial charge in [-0.25, -0.2) is 0 Å². The van der Waals surface area contributed by atoms with Crippen molar-refractivity contribution in [1.82, 2.24) is 10.2 Å². The monoisotopic (exact) mass is 276 g/mol. The van der Waals surface area contributed by atoms with Gasteiger partial charge in [-0.05, 0) is 51.9 Å². The Hall–Kier alpha value is -0.900. The van der Waals surface area contributed by atoms with E-state index in [0.717, 1.165) is 32.6 Å². The zero-order valence-electron chi connectivity index (χ0n) is 13.3. The van der Waals surface area contributed by atoms with Crippen LogP contribution in [0.2, 0.25) is 0 Å². The second-order valence-electron chi connectivity index (χ2n) is 6.48. The van der Waals surface area contributed by atoms with Crippen molar-refractivity contribution in [3.63, 3.8) is 0 Å². The molecule has 1 aliphatic rings. The Balaban J connectivity index is 2.05. The van der Waals surface area contributed by atoms with Crippen molar-refractivity contribution in [3.05, 3.63) is 35.4 Å². The molecule has 1 aromatic rings. The smallest absolute Gasteiger partial charge is 0.0757 e. The van der Waals surface area contributed by atoms with E-state index in [1.807, 2.05) is 7.05 Å². The van der Waals surface area contributed by atoms with Gasteiger partial charge in [0.15, 0.2) is 0 Å². The number of nitrogens with one attached hydrogen (secondary N) is 1. The summed E-state index contributed by atoms with van der Waals surface area (Å²) in [5.41, 5.74) is 2.86. The molecule has 0 radical (unpaired) electrons. The summed E-state index contributed by atoms with van der Waals surface area (Å²) in [6, 6.07) is 8.80. The molecule has 2 rings (SSSR count). The second-order valence-corrected chi connectivity index (χ2v) is 6.48. The summed E-state index contributed by atoms with van der Waals surface area (Å²) in [5.74, 6) is 0. The Labute approximate surface area is 123 Å². The minimum Gasteiger partial charge on any atom is -0.370 e. The Morgan fingerprint density at radius 1 is 1.30 bits per heavy atom. The van der Waals surface area contributed by atoms with Gasteiger partial charge in [-0.1, -0.05) is 24.3 Å². The molecule has 0 aromatic heterocycles. The van der Waals surface area contributed by atoms with Crippen LogP contribution in [-0.4, -0.2) is 43.3 Å². The molecule has 1 aliphatic heterocycles. The van der Waals surface area contributed by atoms with Gasteiger partial charge >= 0.3 is 0 Å². The molecular weight excluding hydrogens is 248 g/mol. The van der Waals surface area contributed by atoms with Crippen molar-refractivity contribution in [1.29, 1.82) is 0 Å². The van der Waals surface area contributed by atoms with Gasteiger partial charge in [0, 0.05) is 19.6 Å². The van der Waals surface area contributed by atoms with Crippen LogP contribution in [0.3, 0.4) is 0 Å². The number of benzene rings is 1. The van der Waals surface area contributed by atoms with E-state index in [1.165, 1.54) is 11.1 Å². The second kappa shape index (κ2) is 6.70. The van der Waals surface area contributed by atoms with Crippen LogP contribution in [0.15, 0.2) is 24.3 Å². The lowest BCUT2D eigenvalue weighted by molar-refractivity contribution is -0.130. The molecule has 0 bridgehead atoms. The molecule has 20 heavy (non-hydrogen) atoms. The summed E-state index contributed by atoms with van der Waals surface area (Å²) < 4.78 is 5.99. The van der Waals surface area contributed by atoms with Gasteiger partial charge in [-0.3, -0.25) is 4.90 Å². The van der Waals surface area contributed by atoms with Crippen LogP contribution >= 0.6 is 0 Å². The van der Waals surface area contributed by atoms with E-state index < -0.39 is 0 Å². The number of hydrogen-bond donors (Lipinski definition) is 1. The van der Waals surface area contributed by atoms with E-state index in [1.54, 1.807) is 0 Å². The highest BCUT2D eigenvalue weighted by Gasteiger charge is 2.31. The molecule has 1 unspecified atom stereocenters. The number of morpholine rings is 1. The fraction of sp³-hybridized carbons (Fsp3) is 0.647. The number of ether oxygens (including phenoxy) is 1. The maximum atomic E-state index is 5.99. The fourth-order valence-electron chi connectivity index (χ4n) is 3.16. The highest BCUT2D eigenvalue weighted by molar-refractivity contribution is 5.27. The van der Waals surface area contributed by atoms with Gasteiger partial charge < -0.3 is 10.1 Å². The average Bonchev–Trinajstić information content (AvgIpc) is 2.35. The minimum absolute atomic E-state index is 0.0441. The maximum absolute atomic E-state index is 5.99. The Kier molecular flexibility index (Phi) is 5.19. The van der Waals surface area contributed by atoms with E-state index in [4.69, 9.17) is 4.74 Å². The van der Waals surface area contributed by atoms with Crippen molar-refractivity contribution in [2.75, 3.05) is 26.7 Å². The first kappa shape index (κ1) is 15.5. The summed E-state index contributed by atoms with van der Waals surface area (Å²) in [6.07, 6.45) is 1.40. The van der Waals surface area contributed by atoms with Crippen molar-refractivity contribution in [3.8, 4) is 0 Å².